The molecule has 0 unspecified atom stereocenters. The molecule has 1 aliphatic heterocycles. The second-order valence-corrected chi connectivity index (χ2v) is 18.3. The fourth-order valence-electron chi connectivity index (χ4n) is 5.46. The predicted octanol–water partition coefficient (Wildman–Crippen LogP) is 6.69. The number of hydrogen-bond donors (Lipinski definition) is 3. The van der Waals surface area contributed by atoms with Crippen molar-refractivity contribution in [1.29, 1.82) is 0 Å². The highest BCUT2D eigenvalue weighted by Gasteiger charge is 2.39. The fraction of sp³-hybridized carbons (Fsp3) is 0.472. The highest BCUT2D eigenvalue weighted by molar-refractivity contribution is 6.74. The number of nitrogens with zero attached hydrogens (tertiary/aromatic N) is 1. The summed E-state index contributed by atoms with van der Waals surface area (Å²) in [6.45, 7) is 15.3. The smallest absolute Gasteiger partial charge is 0.223 e. The zero-order valence-electron chi connectivity index (χ0n) is 26.8. The van der Waals surface area contributed by atoms with E-state index in [4.69, 9.17) is 4.43 Å². The third kappa shape index (κ3) is 8.79. The molecule has 0 aliphatic carbocycles. The van der Waals surface area contributed by atoms with Gasteiger partial charge in [-0.1, -0.05) is 75.4 Å². The van der Waals surface area contributed by atoms with Crippen molar-refractivity contribution in [1.82, 2.24) is 10.2 Å². The van der Waals surface area contributed by atoms with Gasteiger partial charge in [-0.05, 0) is 84.3 Å². The minimum Gasteiger partial charge on any atom is -0.508 e. The lowest BCUT2D eigenvalue weighted by Crippen LogP contribution is -2.44. The van der Waals surface area contributed by atoms with Crippen LogP contribution in [0, 0.1) is 0 Å². The highest BCUT2D eigenvalue weighted by Crippen LogP contribution is 2.40. The molecule has 6 nitrogen and oxygen atoms in total. The average Bonchev–Trinajstić information content (AvgIpc) is 2.97. The molecule has 0 fully saturated rings. The van der Waals surface area contributed by atoms with E-state index < -0.39 is 8.32 Å². The molecule has 3 aromatic carbocycles. The molecule has 7 heteroatoms. The number of carbonyl (C=O) groups excluding carboxylic acids is 1. The summed E-state index contributed by atoms with van der Waals surface area (Å²) in [4.78, 5) is 15.0. The number of amides is 1. The number of aliphatic hydroxyl groups excluding tert-OH is 1. The van der Waals surface area contributed by atoms with Crippen LogP contribution < -0.4 is 5.32 Å². The van der Waals surface area contributed by atoms with Gasteiger partial charge in [0.15, 0.2) is 8.32 Å². The van der Waals surface area contributed by atoms with Gasteiger partial charge in [0, 0.05) is 37.7 Å². The maximum Gasteiger partial charge on any atom is 0.223 e. The largest absolute Gasteiger partial charge is 0.508 e. The number of hydrogen-bond acceptors (Lipinski definition) is 5. The lowest BCUT2D eigenvalue weighted by atomic mass is 9.98. The normalized spacial score (nSPS) is 15.2. The van der Waals surface area contributed by atoms with E-state index in [-0.39, 0.29) is 35.4 Å². The summed E-state index contributed by atoms with van der Waals surface area (Å²) < 4.78 is 6.85. The second-order valence-electron chi connectivity index (χ2n) is 13.6. The van der Waals surface area contributed by atoms with Crippen molar-refractivity contribution < 1.29 is 19.4 Å². The molecule has 4 rings (SSSR count). The molecule has 0 radical (unpaired) electrons. The van der Waals surface area contributed by atoms with Crippen molar-refractivity contribution in [3.05, 3.63) is 100 Å². The van der Waals surface area contributed by atoms with E-state index in [1.54, 1.807) is 6.07 Å². The summed E-state index contributed by atoms with van der Waals surface area (Å²) in [5.41, 5.74) is 6.52. The molecule has 1 amide bonds. The van der Waals surface area contributed by atoms with Crippen molar-refractivity contribution in [3.8, 4) is 5.75 Å². The summed E-state index contributed by atoms with van der Waals surface area (Å²) in [7, 11) is -2.09. The van der Waals surface area contributed by atoms with E-state index in [0.29, 0.717) is 25.1 Å². The Labute approximate surface area is 259 Å². The van der Waals surface area contributed by atoms with Gasteiger partial charge >= 0.3 is 0 Å². The molecular formula is C36H50N2O4Si. The van der Waals surface area contributed by atoms with Crippen LogP contribution in [0.25, 0.3) is 0 Å². The maximum atomic E-state index is 13.0. The number of aliphatic hydroxyl groups is 1. The Morgan fingerprint density at radius 1 is 1.02 bits per heavy atom. The molecule has 0 aromatic heterocycles. The Kier molecular flexibility index (Phi) is 10.9. The number of fused-ring (bicyclic) bond motifs is 1. The molecule has 0 saturated carbocycles. The summed E-state index contributed by atoms with van der Waals surface area (Å²) in [6.07, 6.45) is 2.85. The van der Waals surface area contributed by atoms with Crippen molar-refractivity contribution in [3.63, 3.8) is 0 Å². The number of aromatic hydroxyl groups is 1. The number of benzene rings is 3. The number of phenols is 1. The van der Waals surface area contributed by atoms with E-state index in [1.807, 2.05) is 17.0 Å². The monoisotopic (exact) mass is 602 g/mol. The van der Waals surface area contributed by atoms with Gasteiger partial charge in [-0.15, -0.1) is 0 Å². The molecule has 0 bridgehead atoms. The minimum absolute atomic E-state index is 0.0495. The second kappa shape index (κ2) is 14.2. The van der Waals surface area contributed by atoms with Crippen molar-refractivity contribution in [2.75, 3.05) is 13.1 Å². The molecule has 43 heavy (non-hydrogen) atoms. The lowest BCUT2D eigenvalue weighted by molar-refractivity contribution is -0.132. The first-order valence-corrected chi connectivity index (χ1v) is 18.5. The van der Waals surface area contributed by atoms with Gasteiger partial charge < -0.3 is 24.9 Å². The summed E-state index contributed by atoms with van der Waals surface area (Å²) in [5.74, 6) is 0.322. The van der Waals surface area contributed by atoms with Crippen LogP contribution in [0.2, 0.25) is 18.1 Å². The van der Waals surface area contributed by atoms with Crippen LogP contribution in [0.1, 0.15) is 73.6 Å². The summed E-state index contributed by atoms with van der Waals surface area (Å²) in [6, 6.07) is 22.6. The molecule has 1 heterocycles. The number of aryl methyl sites for hydroxylation is 1. The van der Waals surface area contributed by atoms with Gasteiger partial charge in [-0.25, -0.2) is 0 Å². The lowest BCUT2D eigenvalue weighted by Gasteiger charge is -2.40. The third-order valence-electron chi connectivity index (χ3n) is 9.18. The van der Waals surface area contributed by atoms with E-state index in [1.165, 1.54) is 22.3 Å². The number of nitrogens with one attached hydrogen (secondary N) is 1. The van der Waals surface area contributed by atoms with Crippen LogP contribution in [0.3, 0.4) is 0 Å². The van der Waals surface area contributed by atoms with Gasteiger partial charge in [-0.3, -0.25) is 4.79 Å². The van der Waals surface area contributed by atoms with Crippen molar-refractivity contribution in [2.24, 2.45) is 0 Å². The first-order valence-electron chi connectivity index (χ1n) is 15.6. The molecule has 2 atom stereocenters. The van der Waals surface area contributed by atoms with E-state index in [2.05, 4.69) is 94.6 Å². The maximum absolute atomic E-state index is 13.0. The van der Waals surface area contributed by atoms with Crippen LogP contribution in [0.5, 0.6) is 5.75 Å². The van der Waals surface area contributed by atoms with Crippen LogP contribution in [-0.4, -0.2) is 48.5 Å². The molecular weight excluding hydrogens is 552 g/mol. The molecule has 232 valence electrons. The van der Waals surface area contributed by atoms with Gasteiger partial charge in [0.05, 0.1) is 12.7 Å². The Bertz CT molecular complexity index is 1380. The quantitative estimate of drug-likeness (QED) is 0.201. The summed E-state index contributed by atoms with van der Waals surface area (Å²) >= 11 is 0. The SMILES string of the molecule is C[C@H](Cc1cccc(CCC(=O)N2CCc3ccccc3C2)c1)NC[C@@H](O[Si](C)(C)C(C)(C)C)c1ccc(O)c(CO)c1. The van der Waals surface area contributed by atoms with Gasteiger partial charge in [0.1, 0.15) is 5.75 Å². The van der Waals surface area contributed by atoms with Gasteiger partial charge in [0.2, 0.25) is 5.91 Å². The third-order valence-corrected chi connectivity index (χ3v) is 13.7. The number of rotatable bonds is 12. The molecule has 1 aliphatic rings. The summed E-state index contributed by atoms with van der Waals surface area (Å²) in [5, 5.41) is 23.6. The van der Waals surface area contributed by atoms with Crippen molar-refractivity contribution >= 4 is 14.2 Å². The Morgan fingerprint density at radius 3 is 2.47 bits per heavy atom. The van der Waals surface area contributed by atoms with Crippen LogP contribution >= 0.6 is 0 Å². The fourth-order valence-corrected chi connectivity index (χ4v) is 6.74. The minimum atomic E-state index is -2.09. The first kappa shape index (κ1) is 32.9. The zero-order chi connectivity index (χ0) is 31.2. The predicted molar refractivity (Wildman–Crippen MR) is 177 cm³/mol. The van der Waals surface area contributed by atoms with Gasteiger partial charge in [-0.2, -0.15) is 0 Å². The topological polar surface area (TPSA) is 82.0 Å². The van der Waals surface area contributed by atoms with E-state index in [9.17, 15) is 15.0 Å². The van der Waals surface area contributed by atoms with Crippen LogP contribution in [-0.2, 0) is 41.6 Å². The van der Waals surface area contributed by atoms with E-state index in [0.717, 1.165) is 31.4 Å². The van der Waals surface area contributed by atoms with Crippen molar-refractivity contribution in [2.45, 2.75) is 96.8 Å². The molecule has 3 aromatic rings. The Hall–Kier alpha value is -2.97. The van der Waals surface area contributed by atoms with E-state index >= 15 is 0 Å². The Balaban J connectivity index is 1.35. The van der Waals surface area contributed by atoms with Gasteiger partial charge in [0.25, 0.3) is 0 Å². The molecule has 3 N–H and O–H groups in total. The Morgan fingerprint density at radius 2 is 1.74 bits per heavy atom. The van der Waals surface area contributed by atoms with Crippen LogP contribution in [0.15, 0.2) is 66.7 Å². The zero-order valence-corrected chi connectivity index (χ0v) is 27.8. The standard InChI is InChI=1S/C36H50N2O4Si/c1-26(37-23-34(42-43(5,6)36(2,3)4)30-15-16-33(40)32(22-30)25-39)20-28-11-9-10-27(21-28)14-17-35(41)38-19-18-29-12-7-8-13-31(29)24-38/h7-13,15-16,21-22,26,34,37,39-40H,14,17-20,23-25H2,1-6H3/t26-,34-/m1/s1. The first-order chi connectivity index (χ1) is 20.4. The molecule has 0 saturated heterocycles. The molecule has 0 spiro atoms. The highest BCUT2D eigenvalue weighted by atomic mass is 28.4. The van der Waals surface area contributed by atoms with Crippen LogP contribution in [0.4, 0.5) is 0 Å². The number of carbonyl (C=O) groups is 1. The average molecular weight is 603 g/mol.